The van der Waals surface area contributed by atoms with Gasteiger partial charge >= 0.3 is 0 Å². The monoisotopic (exact) mass is 511 g/mol. The van der Waals surface area contributed by atoms with Gasteiger partial charge in [-0.25, -0.2) is 9.97 Å². The number of nitrogens with two attached hydrogens (primary N) is 1. The molecule has 2 amide bonds. The van der Waals surface area contributed by atoms with Gasteiger partial charge in [0, 0.05) is 31.1 Å². The van der Waals surface area contributed by atoms with Crippen molar-refractivity contribution in [3.8, 4) is 17.6 Å². The van der Waals surface area contributed by atoms with Crippen molar-refractivity contribution in [2.24, 2.45) is 11.7 Å². The SMILES string of the molecule is COc1ccc(C#CCN(C[C@H]2C[C@@H](n3ccc4c(Cl)ncnc43)[C@H](O)[C@@H]2O)C(C)=O)cc1C(N)=O. The van der Waals surface area contributed by atoms with Gasteiger partial charge in [-0.15, -0.1) is 0 Å². The van der Waals surface area contributed by atoms with Gasteiger partial charge in [0.05, 0.1) is 36.8 Å². The molecule has 188 valence electrons. The maximum atomic E-state index is 12.3. The molecule has 0 aliphatic heterocycles. The van der Waals surface area contributed by atoms with Gasteiger partial charge in [-0.05, 0) is 30.7 Å². The van der Waals surface area contributed by atoms with E-state index in [1.54, 1.807) is 29.0 Å². The van der Waals surface area contributed by atoms with Crippen LogP contribution in [0.1, 0.15) is 35.3 Å². The largest absolute Gasteiger partial charge is 0.496 e. The number of hydrogen-bond acceptors (Lipinski definition) is 7. The second kappa shape index (κ2) is 10.5. The molecule has 11 heteroatoms. The van der Waals surface area contributed by atoms with E-state index < -0.39 is 24.2 Å². The summed E-state index contributed by atoms with van der Waals surface area (Å²) in [5.74, 6) is 4.99. The molecule has 0 radical (unpaired) electrons. The molecule has 2 aromatic heterocycles. The first-order valence-corrected chi connectivity index (χ1v) is 11.6. The number of nitrogens with zero attached hydrogens (tertiary/aromatic N) is 4. The lowest BCUT2D eigenvalue weighted by molar-refractivity contribution is -0.129. The molecule has 0 saturated heterocycles. The standard InChI is InChI=1S/C25H26ClN5O5/c1-14(32)30(8-3-4-15-5-6-20(36-2)18(10-15)24(27)35)12-16-11-19(22(34)21(16)33)31-9-7-17-23(26)28-13-29-25(17)31/h5-7,9-10,13,16,19,21-22,33-34H,8,11-12H2,1-2H3,(H2,27,35)/t16-,19-,21-,22+/m1/s1. The van der Waals surface area contributed by atoms with Crippen LogP contribution in [0.5, 0.6) is 5.75 Å². The Balaban J connectivity index is 1.48. The molecule has 1 fully saturated rings. The summed E-state index contributed by atoms with van der Waals surface area (Å²) in [7, 11) is 1.44. The second-order valence-electron chi connectivity index (χ2n) is 8.65. The summed E-state index contributed by atoms with van der Waals surface area (Å²) in [6, 6.07) is 6.15. The highest BCUT2D eigenvalue weighted by molar-refractivity contribution is 6.33. The average Bonchev–Trinajstić information content (AvgIpc) is 3.40. The minimum Gasteiger partial charge on any atom is -0.496 e. The number of aliphatic hydroxyl groups is 2. The molecule has 0 spiro atoms. The molecule has 4 N–H and O–H groups in total. The zero-order valence-electron chi connectivity index (χ0n) is 19.8. The number of hydrogen-bond donors (Lipinski definition) is 3. The van der Waals surface area contributed by atoms with Gasteiger partial charge in [0.15, 0.2) is 0 Å². The van der Waals surface area contributed by atoms with Crippen LogP contribution in [0.25, 0.3) is 11.0 Å². The fraction of sp³-hybridized carbons (Fsp3) is 0.360. The minimum atomic E-state index is -1.05. The normalized spacial score (nSPS) is 21.1. The van der Waals surface area contributed by atoms with Crippen molar-refractivity contribution in [2.45, 2.75) is 31.6 Å². The van der Waals surface area contributed by atoms with E-state index in [9.17, 15) is 19.8 Å². The Morgan fingerprint density at radius 1 is 1.28 bits per heavy atom. The summed E-state index contributed by atoms with van der Waals surface area (Å²) in [6.07, 6.45) is 1.44. The lowest BCUT2D eigenvalue weighted by Crippen LogP contribution is -2.38. The number of halogens is 1. The molecule has 1 saturated carbocycles. The predicted octanol–water partition coefficient (Wildman–Crippen LogP) is 1.38. The van der Waals surface area contributed by atoms with Crippen LogP contribution in [0.2, 0.25) is 5.15 Å². The van der Waals surface area contributed by atoms with E-state index in [1.165, 1.54) is 31.3 Å². The number of aliphatic hydroxyl groups excluding tert-OH is 2. The summed E-state index contributed by atoms with van der Waals surface area (Å²) in [5, 5.41) is 22.5. The van der Waals surface area contributed by atoms with Gasteiger partial charge in [-0.1, -0.05) is 23.4 Å². The number of methoxy groups -OCH3 is 1. The Bertz CT molecular complexity index is 1360. The quantitative estimate of drug-likeness (QED) is 0.335. The van der Waals surface area contributed by atoms with Crippen molar-refractivity contribution in [1.82, 2.24) is 19.4 Å². The fourth-order valence-corrected chi connectivity index (χ4v) is 4.76. The zero-order chi connectivity index (χ0) is 26.0. The maximum absolute atomic E-state index is 12.3. The molecule has 1 aliphatic rings. The summed E-state index contributed by atoms with van der Waals surface area (Å²) >= 11 is 6.14. The first-order valence-electron chi connectivity index (χ1n) is 11.3. The Hall–Kier alpha value is -3.65. The van der Waals surface area contributed by atoms with Crippen molar-refractivity contribution < 1.29 is 24.5 Å². The number of carbonyl (C=O) groups is 2. The molecule has 2 heterocycles. The third-order valence-electron chi connectivity index (χ3n) is 6.46. The highest BCUT2D eigenvalue weighted by Crippen LogP contribution is 2.38. The first kappa shape index (κ1) is 25.4. The van der Waals surface area contributed by atoms with Crippen LogP contribution in [0.3, 0.4) is 0 Å². The van der Waals surface area contributed by atoms with Gasteiger partial charge < -0.3 is 30.2 Å². The number of ether oxygens (including phenoxy) is 1. The van der Waals surface area contributed by atoms with Crippen molar-refractivity contribution in [2.75, 3.05) is 20.2 Å². The Labute approximate surface area is 212 Å². The number of primary amides is 1. The fourth-order valence-electron chi connectivity index (χ4n) is 4.57. The van der Waals surface area contributed by atoms with Crippen LogP contribution in [0.15, 0.2) is 36.8 Å². The number of fused-ring (bicyclic) bond motifs is 1. The van der Waals surface area contributed by atoms with E-state index >= 15 is 0 Å². The van der Waals surface area contributed by atoms with Crippen molar-refractivity contribution in [3.63, 3.8) is 0 Å². The van der Waals surface area contributed by atoms with E-state index in [4.69, 9.17) is 22.1 Å². The second-order valence-corrected chi connectivity index (χ2v) is 9.01. The lowest BCUT2D eigenvalue weighted by Gasteiger charge is -2.24. The molecule has 4 atom stereocenters. The smallest absolute Gasteiger partial charge is 0.252 e. The molecular formula is C25H26ClN5O5. The molecule has 10 nitrogen and oxygen atoms in total. The topological polar surface area (TPSA) is 144 Å². The van der Waals surface area contributed by atoms with Gasteiger partial charge in [-0.3, -0.25) is 9.59 Å². The first-order chi connectivity index (χ1) is 17.2. The van der Waals surface area contributed by atoms with E-state index in [0.717, 1.165) is 0 Å². The lowest BCUT2D eigenvalue weighted by atomic mass is 10.0. The average molecular weight is 512 g/mol. The molecule has 0 bridgehead atoms. The van der Waals surface area contributed by atoms with Crippen molar-refractivity contribution in [3.05, 3.63) is 53.1 Å². The van der Waals surface area contributed by atoms with E-state index in [1.807, 2.05) is 0 Å². The highest BCUT2D eigenvalue weighted by Gasteiger charge is 2.43. The predicted molar refractivity (Wildman–Crippen MR) is 132 cm³/mol. The van der Waals surface area contributed by atoms with Crippen LogP contribution in [0.4, 0.5) is 0 Å². The van der Waals surface area contributed by atoms with Crippen LogP contribution >= 0.6 is 11.6 Å². The van der Waals surface area contributed by atoms with Crippen molar-refractivity contribution in [1.29, 1.82) is 0 Å². The maximum Gasteiger partial charge on any atom is 0.252 e. The van der Waals surface area contributed by atoms with E-state index in [0.29, 0.717) is 33.9 Å². The molecule has 36 heavy (non-hydrogen) atoms. The number of rotatable bonds is 6. The number of aromatic nitrogens is 3. The molecule has 3 aromatic rings. The molecule has 0 unspecified atom stereocenters. The summed E-state index contributed by atoms with van der Waals surface area (Å²) in [4.78, 5) is 33.7. The van der Waals surface area contributed by atoms with Gasteiger partial charge in [0.1, 0.15) is 29.0 Å². The number of benzene rings is 1. The zero-order valence-corrected chi connectivity index (χ0v) is 20.5. The minimum absolute atomic E-state index is 0.104. The number of amides is 2. The molecular weight excluding hydrogens is 486 g/mol. The van der Waals surface area contributed by atoms with Gasteiger partial charge in [0.2, 0.25) is 5.91 Å². The Morgan fingerprint density at radius 3 is 2.75 bits per heavy atom. The third-order valence-corrected chi connectivity index (χ3v) is 6.76. The third kappa shape index (κ3) is 4.99. The summed E-state index contributed by atoms with van der Waals surface area (Å²) in [6.45, 7) is 1.74. The van der Waals surface area contributed by atoms with Crippen LogP contribution < -0.4 is 10.5 Å². The van der Waals surface area contributed by atoms with Crippen molar-refractivity contribution >= 4 is 34.4 Å². The molecule has 1 aromatic carbocycles. The molecule has 4 rings (SSSR count). The van der Waals surface area contributed by atoms with Crippen LogP contribution in [-0.2, 0) is 4.79 Å². The van der Waals surface area contributed by atoms with E-state index in [2.05, 4.69) is 21.8 Å². The van der Waals surface area contributed by atoms with Crippen LogP contribution in [0, 0.1) is 17.8 Å². The molecule has 1 aliphatic carbocycles. The van der Waals surface area contributed by atoms with E-state index in [-0.39, 0.29) is 30.5 Å². The summed E-state index contributed by atoms with van der Waals surface area (Å²) < 4.78 is 6.92. The highest BCUT2D eigenvalue weighted by atomic mass is 35.5. The summed E-state index contributed by atoms with van der Waals surface area (Å²) in [5.41, 5.74) is 6.72. The van der Waals surface area contributed by atoms with Crippen LogP contribution in [-0.4, -0.2) is 73.9 Å². The van der Waals surface area contributed by atoms with Gasteiger partial charge in [-0.2, -0.15) is 0 Å². The van der Waals surface area contributed by atoms with Gasteiger partial charge in [0.25, 0.3) is 5.91 Å². The Kier molecular flexibility index (Phi) is 7.45. The Morgan fingerprint density at radius 2 is 2.06 bits per heavy atom. The number of carbonyl (C=O) groups excluding carboxylic acids is 2.